The van der Waals surface area contributed by atoms with E-state index in [1.54, 1.807) is 28.4 Å². The van der Waals surface area contributed by atoms with Gasteiger partial charge in [0.15, 0.2) is 35.2 Å². The number of hydrogen-bond donors (Lipinski definition) is 2. The summed E-state index contributed by atoms with van der Waals surface area (Å²) in [5.74, 6) is 7.68. The maximum Gasteiger partial charge on any atom is 0.168 e. The van der Waals surface area contributed by atoms with Crippen molar-refractivity contribution in [3.8, 4) is 23.0 Å². The molecule has 2 saturated carbocycles. The van der Waals surface area contributed by atoms with Crippen molar-refractivity contribution >= 4 is 15.9 Å². The van der Waals surface area contributed by atoms with E-state index in [2.05, 4.69) is 50.4 Å². The third kappa shape index (κ3) is 5.54. The van der Waals surface area contributed by atoms with Gasteiger partial charge in [0.2, 0.25) is 0 Å². The Morgan fingerprint density at radius 2 is 1.45 bits per heavy atom. The topological polar surface area (TPSA) is 90.9 Å². The van der Waals surface area contributed by atoms with Crippen LogP contribution in [-0.4, -0.2) is 93.3 Å². The van der Waals surface area contributed by atoms with Crippen molar-refractivity contribution in [3.05, 3.63) is 70.2 Å². The monoisotopic (exact) mass is 834 g/mol. The van der Waals surface area contributed by atoms with E-state index in [4.69, 9.17) is 28.4 Å². The lowest BCUT2D eigenvalue weighted by molar-refractivity contribution is -0.169. The molecule has 4 fully saturated rings. The number of benzene rings is 2. The van der Waals surface area contributed by atoms with Gasteiger partial charge < -0.3 is 38.8 Å². The molecule has 56 heavy (non-hydrogen) atoms. The number of ether oxygens (including phenoxy) is 6. The highest BCUT2D eigenvalue weighted by Gasteiger charge is 2.72. The molecule has 4 bridgehead atoms. The van der Waals surface area contributed by atoms with Crippen molar-refractivity contribution in [2.45, 2.75) is 120 Å². The molecule has 9 nitrogen and oxygen atoms in total. The SMILES string of the molecule is BrCC1CC1.C.C.COC1=CCC2(O)C3Cc4ccc(OC)c5c4C2(CCN3CC2CC2)C1O5.COC1=CCC2C3Cc4ccc(OC)c5c4C2(CCN3)C1O5. The third-order valence-electron chi connectivity index (χ3n) is 14.9. The van der Waals surface area contributed by atoms with Gasteiger partial charge in [-0.2, -0.15) is 0 Å². The molecular formula is C46H63BrN2O7. The highest BCUT2D eigenvalue weighted by molar-refractivity contribution is 9.09. The summed E-state index contributed by atoms with van der Waals surface area (Å²) < 4.78 is 35.6. The Morgan fingerprint density at radius 1 is 0.804 bits per heavy atom. The summed E-state index contributed by atoms with van der Waals surface area (Å²) in [5.41, 5.74) is 4.12. The summed E-state index contributed by atoms with van der Waals surface area (Å²) in [5, 5.41) is 17.2. The number of methoxy groups -OCH3 is 4. The molecule has 4 aliphatic heterocycles. The van der Waals surface area contributed by atoms with Crippen LogP contribution < -0.4 is 24.3 Å². The Hall–Kier alpha value is -2.92. The van der Waals surface area contributed by atoms with Crippen LogP contribution in [0.25, 0.3) is 0 Å². The highest BCUT2D eigenvalue weighted by atomic mass is 79.9. The normalized spacial score (nSPS) is 35.3. The smallest absolute Gasteiger partial charge is 0.168 e. The average molecular weight is 836 g/mol. The van der Waals surface area contributed by atoms with E-state index >= 15 is 0 Å². The van der Waals surface area contributed by atoms with Crippen LogP contribution in [0.2, 0.25) is 0 Å². The maximum absolute atomic E-state index is 12.2. The first kappa shape index (κ1) is 39.9. The second-order valence-electron chi connectivity index (χ2n) is 17.4. The number of hydrogen-bond acceptors (Lipinski definition) is 9. The summed E-state index contributed by atoms with van der Waals surface area (Å²) in [4.78, 5) is 2.57. The van der Waals surface area contributed by atoms with Crippen LogP contribution in [0, 0.1) is 17.8 Å². The second kappa shape index (κ2) is 14.7. The molecule has 306 valence electrons. The van der Waals surface area contributed by atoms with Crippen LogP contribution in [0.15, 0.2) is 47.9 Å². The van der Waals surface area contributed by atoms with Gasteiger partial charge in [-0.1, -0.05) is 42.9 Å². The van der Waals surface area contributed by atoms with E-state index in [9.17, 15) is 5.11 Å². The van der Waals surface area contributed by atoms with E-state index in [1.165, 1.54) is 53.3 Å². The zero-order chi connectivity index (χ0) is 37.0. The fraction of sp³-hybridized carbons (Fsp3) is 0.652. The molecule has 8 unspecified atom stereocenters. The van der Waals surface area contributed by atoms with Crippen molar-refractivity contribution in [1.29, 1.82) is 0 Å². The summed E-state index contributed by atoms with van der Waals surface area (Å²) >= 11 is 3.38. The molecule has 12 rings (SSSR count). The van der Waals surface area contributed by atoms with Crippen LogP contribution in [0.1, 0.15) is 88.5 Å². The lowest BCUT2D eigenvalue weighted by atomic mass is 9.50. The quantitative estimate of drug-likeness (QED) is 0.274. The van der Waals surface area contributed by atoms with E-state index in [0.717, 1.165) is 98.1 Å². The van der Waals surface area contributed by atoms with Gasteiger partial charge in [0.05, 0.1) is 39.5 Å². The maximum atomic E-state index is 12.2. The summed E-state index contributed by atoms with van der Waals surface area (Å²) in [6.45, 7) is 3.18. The number of rotatable bonds is 7. The van der Waals surface area contributed by atoms with Crippen LogP contribution in [0.4, 0.5) is 0 Å². The predicted octanol–water partition coefficient (Wildman–Crippen LogP) is 7.63. The number of allylic oxidation sites excluding steroid dienone is 1. The van der Waals surface area contributed by atoms with E-state index < -0.39 is 11.0 Å². The molecule has 2 N–H and O–H groups in total. The number of nitrogens with zero attached hydrogens (tertiary/aromatic N) is 1. The lowest BCUT2D eigenvalue weighted by Crippen LogP contribution is -2.75. The largest absolute Gasteiger partial charge is 0.497 e. The van der Waals surface area contributed by atoms with Gasteiger partial charge in [-0.15, -0.1) is 0 Å². The molecule has 2 saturated heterocycles. The first-order valence-corrected chi connectivity index (χ1v) is 21.4. The zero-order valence-corrected chi connectivity index (χ0v) is 33.7. The molecule has 2 aromatic rings. The Labute approximate surface area is 342 Å². The molecule has 4 heterocycles. The molecule has 2 spiro atoms. The Bertz CT molecular complexity index is 1890. The molecule has 8 atom stereocenters. The number of alkyl halides is 1. The fourth-order valence-electron chi connectivity index (χ4n) is 12.1. The minimum atomic E-state index is -0.822. The minimum Gasteiger partial charge on any atom is -0.497 e. The van der Waals surface area contributed by atoms with Crippen LogP contribution in [0.3, 0.4) is 0 Å². The predicted molar refractivity (Wildman–Crippen MR) is 223 cm³/mol. The van der Waals surface area contributed by atoms with Crippen molar-refractivity contribution in [1.82, 2.24) is 10.2 Å². The standard InChI is InChI=1S/C22H27NO4.C18H21NO3.C4H7Br.2CH4/c1-25-15-6-5-14-11-17-22(24)8-7-16(26-2)20-21(22,18(14)19(15)27-20)9-10-23(17)12-13-3-4-13;1-20-13-5-3-10-9-12-11-4-6-14(21-2)17-18(11,7-8-19-12)15(10)16(13)22-17;5-3-4-1-2-4;;/h5-7,13,17,20,24H,3-4,8-12H2,1-2H3;3,5-6,11-12,17,19H,4,7-9H2,1-2H3;4H,1-3H2;2*1H4. The number of halogens is 1. The van der Waals surface area contributed by atoms with E-state index in [1.807, 2.05) is 12.1 Å². The van der Waals surface area contributed by atoms with Crippen molar-refractivity contribution in [3.63, 3.8) is 0 Å². The van der Waals surface area contributed by atoms with Gasteiger partial charge >= 0.3 is 0 Å². The Morgan fingerprint density at radius 3 is 2.07 bits per heavy atom. The van der Waals surface area contributed by atoms with E-state index in [-0.39, 0.29) is 38.5 Å². The molecule has 10 aliphatic rings. The molecular weight excluding hydrogens is 772 g/mol. The summed E-state index contributed by atoms with van der Waals surface area (Å²) in [6, 6.07) is 9.16. The highest BCUT2D eigenvalue weighted by Crippen LogP contribution is 2.66. The van der Waals surface area contributed by atoms with E-state index in [0.29, 0.717) is 18.4 Å². The summed E-state index contributed by atoms with van der Waals surface area (Å²) in [7, 11) is 6.87. The minimum absolute atomic E-state index is 0. The van der Waals surface area contributed by atoms with Gasteiger partial charge in [-0.25, -0.2) is 0 Å². The molecule has 6 aliphatic carbocycles. The Kier molecular flexibility index (Phi) is 10.5. The van der Waals surface area contributed by atoms with Crippen molar-refractivity contribution in [2.24, 2.45) is 17.8 Å². The fourth-order valence-corrected chi connectivity index (χ4v) is 12.7. The second-order valence-corrected chi connectivity index (χ2v) is 18.0. The number of piperidine rings is 2. The molecule has 0 radical (unpaired) electrons. The number of nitrogens with one attached hydrogen (secondary N) is 1. The van der Waals surface area contributed by atoms with Crippen molar-refractivity contribution in [2.75, 3.05) is 53.4 Å². The number of likely N-dealkylation sites (tertiary alicyclic amines) is 1. The van der Waals surface area contributed by atoms with Gasteiger partial charge in [0.1, 0.15) is 11.5 Å². The van der Waals surface area contributed by atoms with Crippen LogP contribution >= 0.6 is 15.9 Å². The van der Waals surface area contributed by atoms with Gasteiger partial charge in [-0.05, 0) is 124 Å². The molecule has 0 amide bonds. The Balaban J connectivity index is 0.000000138. The van der Waals surface area contributed by atoms with Crippen LogP contribution in [0.5, 0.6) is 23.0 Å². The van der Waals surface area contributed by atoms with Crippen molar-refractivity contribution < 1.29 is 33.5 Å². The first-order valence-electron chi connectivity index (χ1n) is 20.3. The molecule has 2 aromatic carbocycles. The lowest BCUT2D eigenvalue weighted by Gasteiger charge is -2.62. The van der Waals surface area contributed by atoms with Crippen LogP contribution in [-0.2, 0) is 33.1 Å². The van der Waals surface area contributed by atoms with Gasteiger partial charge in [0, 0.05) is 46.9 Å². The zero-order valence-electron chi connectivity index (χ0n) is 32.1. The van der Waals surface area contributed by atoms with Gasteiger partial charge in [-0.3, -0.25) is 4.90 Å². The molecule has 0 aromatic heterocycles. The van der Waals surface area contributed by atoms with Gasteiger partial charge in [0.25, 0.3) is 0 Å². The average Bonchev–Trinajstić information content (AvgIpc) is 4.13. The molecule has 10 heteroatoms. The number of aliphatic hydroxyl groups is 1. The first-order chi connectivity index (χ1) is 26.3. The summed E-state index contributed by atoms with van der Waals surface area (Å²) in [6.07, 6.45) is 15.3. The third-order valence-corrected chi connectivity index (χ3v) is 15.9.